The quantitative estimate of drug-likeness (QED) is 0.711. The van der Waals surface area contributed by atoms with Gasteiger partial charge in [-0.1, -0.05) is 46.8 Å². The van der Waals surface area contributed by atoms with Crippen LogP contribution in [0.15, 0.2) is 0 Å². The van der Waals surface area contributed by atoms with Gasteiger partial charge < -0.3 is 10.6 Å². The molecule has 0 radical (unpaired) electrons. The number of hydrogen-bond acceptors (Lipinski definition) is 2. The minimum Gasteiger partial charge on any atom is -0.393 e. The molecule has 1 unspecified atom stereocenters. The highest BCUT2D eigenvalue weighted by atomic mass is 32.1. The van der Waals surface area contributed by atoms with Crippen molar-refractivity contribution in [1.29, 1.82) is 0 Å². The monoisotopic (exact) mass is 230 g/mol. The standard InChI is InChI=1S/C12H26N2S/c1-6-14(8-7-12(3,4)5)9-10(2)11(13)15/h10H,6-9H2,1-5H3,(H2,13,15). The van der Waals surface area contributed by atoms with E-state index >= 15 is 0 Å². The van der Waals surface area contributed by atoms with Crippen LogP contribution in [0.2, 0.25) is 0 Å². The van der Waals surface area contributed by atoms with E-state index < -0.39 is 0 Å². The second-order valence-corrected chi connectivity index (χ2v) is 5.98. The predicted molar refractivity (Wildman–Crippen MR) is 72.1 cm³/mol. The summed E-state index contributed by atoms with van der Waals surface area (Å²) in [5.41, 5.74) is 6.03. The van der Waals surface area contributed by atoms with Crippen LogP contribution in [0.3, 0.4) is 0 Å². The molecule has 0 aliphatic heterocycles. The maximum absolute atomic E-state index is 5.63. The van der Waals surface area contributed by atoms with Crippen LogP contribution >= 0.6 is 12.2 Å². The molecule has 0 aromatic rings. The summed E-state index contributed by atoms with van der Waals surface area (Å²) < 4.78 is 0. The van der Waals surface area contributed by atoms with E-state index in [1.165, 1.54) is 6.42 Å². The lowest BCUT2D eigenvalue weighted by molar-refractivity contribution is 0.226. The average molecular weight is 230 g/mol. The van der Waals surface area contributed by atoms with Gasteiger partial charge in [0.2, 0.25) is 0 Å². The van der Waals surface area contributed by atoms with Crippen LogP contribution in [-0.2, 0) is 0 Å². The van der Waals surface area contributed by atoms with Crippen molar-refractivity contribution in [2.75, 3.05) is 19.6 Å². The van der Waals surface area contributed by atoms with Crippen molar-refractivity contribution in [2.45, 2.75) is 41.0 Å². The van der Waals surface area contributed by atoms with E-state index in [0.717, 1.165) is 19.6 Å². The Morgan fingerprint density at radius 2 is 1.93 bits per heavy atom. The van der Waals surface area contributed by atoms with Gasteiger partial charge in [-0.25, -0.2) is 0 Å². The van der Waals surface area contributed by atoms with Crippen LogP contribution in [0, 0.1) is 11.3 Å². The third-order valence-corrected chi connectivity index (χ3v) is 3.05. The average Bonchev–Trinajstić information content (AvgIpc) is 2.10. The molecule has 0 saturated carbocycles. The summed E-state index contributed by atoms with van der Waals surface area (Å²) >= 11 is 4.99. The van der Waals surface area contributed by atoms with Gasteiger partial charge in [0.15, 0.2) is 0 Å². The molecule has 90 valence electrons. The first-order chi connectivity index (χ1) is 6.76. The van der Waals surface area contributed by atoms with Gasteiger partial charge in [0.1, 0.15) is 0 Å². The number of thiocarbonyl (C=S) groups is 1. The summed E-state index contributed by atoms with van der Waals surface area (Å²) in [6.45, 7) is 14.3. The fourth-order valence-electron chi connectivity index (χ4n) is 1.35. The lowest BCUT2D eigenvalue weighted by Gasteiger charge is -2.27. The lowest BCUT2D eigenvalue weighted by Crippen LogP contribution is -2.35. The number of nitrogens with two attached hydrogens (primary N) is 1. The van der Waals surface area contributed by atoms with Gasteiger partial charge in [-0.3, -0.25) is 0 Å². The summed E-state index contributed by atoms with van der Waals surface area (Å²) in [5, 5.41) is 0. The lowest BCUT2D eigenvalue weighted by atomic mass is 9.92. The van der Waals surface area contributed by atoms with Gasteiger partial charge in [0, 0.05) is 12.5 Å². The normalized spacial score (nSPS) is 14.3. The van der Waals surface area contributed by atoms with Crippen molar-refractivity contribution >= 4 is 17.2 Å². The minimum atomic E-state index is 0.319. The maximum atomic E-state index is 5.63. The van der Waals surface area contributed by atoms with E-state index in [2.05, 4.69) is 39.5 Å². The molecule has 1 atom stereocenters. The largest absolute Gasteiger partial charge is 0.393 e. The first kappa shape index (κ1) is 14.8. The molecule has 0 bridgehead atoms. The molecule has 0 amide bonds. The van der Waals surface area contributed by atoms with Gasteiger partial charge >= 0.3 is 0 Å². The first-order valence-electron chi connectivity index (χ1n) is 5.78. The summed E-state index contributed by atoms with van der Waals surface area (Å²) in [7, 11) is 0. The third kappa shape index (κ3) is 7.74. The molecule has 15 heavy (non-hydrogen) atoms. The summed E-state index contributed by atoms with van der Waals surface area (Å²) in [5.74, 6) is 0.319. The molecule has 0 aliphatic carbocycles. The van der Waals surface area contributed by atoms with Crippen LogP contribution in [0.5, 0.6) is 0 Å². The summed E-state index contributed by atoms with van der Waals surface area (Å²) in [4.78, 5) is 3.05. The number of hydrogen-bond donors (Lipinski definition) is 1. The maximum Gasteiger partial charge on any atom is 0.0768 e. The number of rotatable bonds is 6. The van der Waals surface area contributed by atoms with Gasteiger partial charge in [-0.15, -0.1) is 0 Å². The molecule has 0 aliphatic rings. The third-order valence-electron chi connectivity index (χ3n) is 2.64. The SMILES string of the molecule is CCN(CCC(C)(C)C)CC(C)C(N)=S. The van der Waals surface area contributed by atoms with Crippen molar-refractivity contribution in [2.24, 2.45) is 17.1 Å². The van der Waals surface area contributed by atoms with Crippen molar-refractivity contribution in [3.05, 3.63) is 0 Å². The smallest absolute Gasteiger partial charge is 0.0768 e. The van der Waals surface area contributed by atoms with E-state index in [9.17, 15) is 0 Å². The van der Waals surface area contributed by atoms with E-state index in [1.54, 1.807) is 0 Å². The van der Waals surface area contributed by atoms with E-state index in [1.807, 2.05) is 0 Å². The second kappa shape index (κ2) is 6.44. The Balaban J connectivity index is 3.98. The molecule has 0 rings (SSSR count). The Hall–Kier alpha value is -0.150. The van der Waals surface area contributed by atoms with E-state index in [-0.39, 0.29) is 0 Å². The Bertz CT molecular complexity index is 196. The van der Waals surface area contributed by atoms with Gasteiger partial charge in [0.05, 0.1) is 4.99 Å². The zero-order chi connectivity index (χ0) is 12.1. The molecule has 0 spiro atoms. The van der Waals surface area contributed by atoms with Crippen molar-refractivity contribution in [3.8, 4) is 0 Å². The van der Waals surface area contributed by atoms with Crippen LogP contribution < -0.4 is 5.73 Å². The van der Waals surface area contributed by atoms with E-state index in [0.29, 0.717) is 16.3 Å². The molecule has 0 aromatic heterocycles. The van der Waals surface area contributed by atoms with Crippen LogP contribution in [0.4, 0.5) is 0 Å². The first-order valence-corrected chi connectivity index (χ1v) is 6.18. The second-order valence-electron chi connectivity index (χ2n) is 5.51. The Kier molecular flexibility index (Phi) is 6.37. The highest BCUT2D eigenvalue weighted by Gasteiger charge is 2.15. The van der Waals surface area contributed by atoms with Crippen molar-refractivity contribution < 1.29 is 0 Å². The highest BCUT2D eigenvalue weighted by Crippen LogP contribution is 2.19. The van der Waals surface area contributed by atoms with Crippen molar-refractivity contribution in [1.82, 2.24) is 4.90 Å². The Labute approximate surface area is 100 Å². The zero-order valence-electron chi connectivity index (χ0n) is 10.8. The van der Waals surface area contributed by atoms with Gasteiger partial charge in [-0.2, -0.15) is 0 Å². The van der Waals surface area contributed by atoms with Crippen LogP contribution in [-0.4, -0.2) is 29.5 Å². The van der Waals surface area contributed by atoms with Crippen LogP contribution in [0.25, 0.3) is 0 Å². The molecule has 0 aromatic carbocycles. The van der Waals surface area contributed by atoms with Gasteiger partial charge in [-0.05, 0) is 24.9 Å². The minimum absolute atomic E-state index is 0.319. The molecule has 0 heterocycles. The summed E-state index contributed by atoms with van der Waals surface area (Å²) in [6.07, 6.45) is 1.21. The Morgan fingerprint density at radius 3 is 2.27 bits per heavy atom. The molecule has 2 N–H and O–H groups in total. The molecule has 2 nitrogen and oxygen atoms in total. The molecular weight excluding hydrogens is 204 g/mol. The molecule has 0 fully saturated rings. The van der Waals surface area contributed by atoms with Crippen LogP contribution in [0.1, 0.15) is 41.0 Å². The highest BCUT2D eigenvalue weighted by molar-refractivity contribution is 7.80. The number of nitrogens with zero attached hydrogens (tertiary/aromatic N) is 1. The van der Waals surface area contributed by atoms with E-state index in [4.69, 9.17) is 18.0 Å². The predicted octanol–water partition coefficient (Wildman–Crippen LogP) is 2.67. The molecular formula is C12H26N2S. The Morgan fingerprint density at radius 1 is 1.40 bits per heavy atom. The summed E-state index contributed by atoms with van der Waals surface area (Å²) in [6, 6.07) is 0. The molecule has 3 heteroatoms. The zero-order valence-corrected chi connectivity index (χ0v) is 11.7. The topological polar surface area (TPSA) is 29.3 Å². The van der Waals surface area contributed by atoms with Crippen molar-refractivity contribution in [3.63, 3.8) is 0 Å². The fourth-order valence-corrected chi connectivity index (χ4v) is 1.42. The fraction of sp³-hybridized carbons (Fsp3) is 0.917. The molecule has 0 saturated heterocycles. The van der Waals surface area contributed by atoms with Gasteiger partial charge in [0.25, 0.3) is 0 Å².